The molecule has 1 N–H and O–H groups in total. The molecule has 98 valence electrons. The molecule has 1 amide bonds. The summed E-state index contributed by atoms with van der Waals surface area (Å²) in [7, 11) is 1.58. The lowest BCUT2D eigenvalue weighted by Gasteiger charge is -2.09. The summed E-state index contributed by atoms with van der Waals surface area (Å²) in [6.07, 6.45) is 0. The monoisotopic (exact) mass is 256 g/mol. The van der Waals surface area contributed by atoms with Gasteiger partial charge in [-0.05, 0) is 24.6 Å². The summed E-state index contributed by atoms with van der Waals surface area (Å²) >= 11 is 0. The van der Waals surface area contributed by atoms with E-state index in [0.29, 0.717) is 23.7 Å². The van der Waals surface area contributed by atoms with Gasteiger partial charge >= 0.3 is 0 Å². The van der Waals surface area contributed by atoms with E-state index < -0.39 is 0 Å². The molecule has 0 fully saturated rings. The molecule has 19 heavy (non-hydrogen) atoms. The van der Waals surface area contributed by atoms with Crippen molar-refractivity contribution in [3.63, 3.8) is 0 Å². The Labute approximate surface area is 112 Å². The Morgan fingerprint density at radius 2 is 1.95 bits per heavy atom. The largest absolute Gasteiger partial charge is 0.487 e. The molecule has 0 bridgehead atoms. The van der Waals surface area contributed by atoms with Crippen LogP contribution >= 0.6 is 0 Å². The predicted octanol–water partition coefficient (Wildman–Crippen LogP) is 2.33. The number of rotatable bonds is 4. The molecule has 4 nitrogen and oxygen atoms in total. The van der Waals surface area contributed by atoms with Crippen molar-refractivity contribution in [2.75, 3.05) is 7.05 Å². The van der Waals surface area contributed by atoms with Gasteiger partial charge in [0.15, 0.2) is 0 Å². The third kappa shape index (κ3) is 3.31. The Morgan fingerprint density at radius 1 is 1.21 bits per heavy atom. The number of nitrogens with one attached hydrogen (secondary N) is 1. The van der Waals surface area contributed by atoms with Crippen LogP contribution in [0.25, 0.3) is 0 Å². The number of carbonyl (C=O) groups is 1. The van der Waals surface area contributed by atoms with Gasteiger partial charge in [0.05, 0.1) is 5.69 Å². The molecular weight excluding hydrogens is 240 g/mol. The third-order valence-electron chi connectivity index (χ3n) is 2.73. The summed E-state index contributed by atoms with van der Waals surface area (Å²) in [5.41, 5.74) is 2.20. The van der Waals surface area contributed by atoms with E-state index in [4.69, 9.17) is 4.74 Å². The van der Waals surface area contributed by atoms with Gasteiger partial charge in [-0.2, -0.15) is 0 Å². The number of benzene rings is 1. The summed E-state index contributed by atoms with van der Waals surface area (Å²) in [4.78, 5) is 15.7. The van der Waals surface area contributed by atoms with E-state index in [1.807, 2.05) is 37.3 Å². The maximum absolute atomic E-state index is 11.4. The predicted molar refractivity (Wildman–Crippen MR) is 73.1 cm³/mol. The quantitative estimate of drug-likeness (QED) is 0.913. The van der Waals surface area contributed by atoms with E-state index in [1.54, 1.807) is 19.2 Å². The van der Waals surface area contributed by atoms with Gasteiger partial charge in [-0.15, -0.1) is 0 Å². The maximum atomic E-state index is 11.4. The fraction of sp³-hybridized carbons (Fsp3) is 0.200. The first-order valence-corrected chi connectivity index (χ1v) is 6.07. The SMILES string of the molecule is CNC(=O)c1ccc(OCc2ccccc2)c(C)n1. The Morgan fingerprint density at radius 3 is 2.58 bits per heavy atom. The molecule has 0 saturated carbocycles. The van der Waals surface area contributed by atoms with Gasteiger partial charge < -0.3 is 10.1 Å². The number of amides is 1. The number of aryl methyl sites for hydroxylation is 1. The summed E-state index contributed by atoms with van der Waals surface area (Å²) in [6, 6.07) is 13.3. The van der Waals surface area contributed by atoms with E-state index >= 15 is 0 Å². The molecule has 4 heteroatoms. The molecule has 0 unspecified atom stereocenters. The first kappa shape index (κ1) is 13.1. The second kappa shape index (κ2) is 6.00. The minimum atomic E-state index is -0.197. The van der Waals surface area contributed by atoms with Crippen molar-refractivity contribution in [1.82, 2.24) is 10.3 Å². The lowest BCUT2D eigenvalue weighted by Crippen LogP contribution is -2.19. The highest BCUT2D eigenvalue weighted by atomic mass is 16.5. The molecule has 2 rings (SSSR count). The van der Waals surface area contributed by atoms with E-state index in [1.165, 1.54) is 0 Å². The first-order valence-electron chi connectivity index (χ1n) is 6.07. The normalized spacial score (nSPS) is 10.0. The van der Waals surface area contributed by atoms with Crippen LogP contribution < -0.4 is 10.1 Å². The lowest BCUT2D eigenvalue weighted by molar-refractivity contribution is 0.0958. The molecule has 0 aliphatic heterocycles. The molecule has 0 atom stereocenters. The maximum Gasteiger partial charge on any atom is 0.269 e. The fourth-order valence-electron chi connectivity index (χ4n) is 1.69. The molecule has 2 aromatic rings. The molecule has 0 spiro atoms. The van der Waals surface area contributed by atoms with Gasteiger partial charge in [-0.25, -0.2) is 4.98 Å². The Hall–Kier alpha value is -2.36. The van der Waals surface area contributed by atoms with E-state index in [2.05, 4.69) is 10.3 Å². The van der Waals surface area contributed by atoms with Crippen molar-refractivity contribution in [2.24, 2.45) is 0 Å². The lowest BCUT2D eigenvalue weighted by atomic mass is 10.2. The number of hydrogen-bond acceptors (Lipinski definition) is 3. The standard InChI is InChI=1S/C15H16N2O2/c1-11-14(9-8-13(17-11)15(18)16-2)19-10-12-6-4-3-5-7-12/h3-9H,10H2,1-2H3,(H,16,18). The van der Waals surface area contributed by atoms with Gasteiger partial charge in [0.25, 0.3) is 5.91 Å². The average molecular weight is 256 g/mol. The van der Waals surface area contributed by atoms with Gasteiger partial charge in [0, 0.05) is 7.05 Å². The van der Waals surface area contributed by atoms with Crippen LogP contribution in [-0.2, 0) is 6.61 Å². The van der Waals surface area contributed by atoms with Crippen molar-refractivity contribution >= 4 is 5.91 Å². The topological polar surface area (TPSA) is 51.2 Å². The van der Waals surface area contributed by atoms with Crippen molar-refractivity contribution in [3.8, 4) is 5.75 Å². The van der Waals surface area contributed by atoms with Crippen LogP contribution in [0, 0.1) is 6.92 Å². The fourth-order valence-corrected chi connectivity index (χ4v) is 1.69. The van der Waals surface area contributed by atoms with E-state index in [9.17, 15) is 4.79 Å². The molecule has 1 aromatic heterocycles. The molecule has 1 heterocycles. The van der Waals surface area contributed by atoms with Crippen molar-refractivity contribution < 1.29 is 9.53 Å². The zero-order valence-corrected chi connectivity index (χ0v) is 11.0. The highest BCUT2D eigenvalue weighted by Crippen LogP contribution is 2.17. The van der Waals surface area contributed by atoms with Crippen molar-refractivity contribution in [1.29, 1.82) is 0 Å². The van der Waals surface area contributed by atoms with Crippen molar-refractivity contribution in [2.45, 2.75) is 13.5 Å². The second-order valence-electron chi connectivity index (χ2n) is 4.13. The third-order valence-corrected chi connectivity index (χ3v) is 2.73. The molecule has 0 aliphatic rings. The first-order chi connectivity index (χ1) is 9.20. The highest BCUT2D eigenvalue weighted by molar-refractivity contribution is 5.92. The smallest absolute Gasteiger partial charge is 0.269 e. The molecule has 0 saturated heterocycles. The number of hydrogen-bond donors (Lipinski definition) is 1. The minimum Gasteiger partial charge on any atom is -0.487 e. The minimum absolute atomic E-state index is 0.197. The van der Waals surface area contributed by atoms with Crippen molar-refractivity contribution in [3.05, 3.63) is 59.4 Å². The molecular formula is C15H16N2O2. The summed E-state index contributed by atoms with van der Waals surface area (Å²) < 4.78 is 5.70. The van der Waals surface area contributed by atoms with Crippen LogP contribution in [0.3, 0.4) is 0 Å². The van der Waals surface area contributed by atoms with Gasteiger partial charge in [-0.1, -0.05) is 30.3 Å². The number of carbonyl (C=O) groups excluding carboxylic acids is 1. The number of ether oxygens (including phenoxy) is 1. The summed E-state index contributed by atoms with van der Waals surface area (Å²) in [5.74, 6) is 0.495. The Bertz CT molecular complexity index is 568. The number of pyridine rings is 1. The van der Waals surface area contributed by atoms with Gasteiger partial charge in [0.2, 0.25) is 0 Å². The number of aromatic nitrogens is 1. The average Bonchev–Trinajstić information content (AvgIpc) is 2.46. The molecule has 1 aromatic carbocycles. The Balaban J connectivity index is 2.07. The van der Waals surface area contributed by atoms with E-state index in [0.717, 1.165) is 5.56 Å². The van der Waals surface area contributed by atoms with Crippen LogP contribution in [-0.4, -0.2) is 17.9 Å². The van der Waals surface area contributed by atoms with Gasteiger partial charge in [-0.3, -0.25) is 4.79 Å². The molecule has 0 aliphatic carbocycles. The number of nitrogens with zero attached hydrogens (tertiary/aromatic N) is 1. The van der Waals surface area contributed by atoms with Crippen LogP contribution in [0.15, 0.2) is 42.5 Å². The zero-order chi connectivity index (χ0) is 13.7. The summed E-state index contributed by atoms with van der Waals surface area (Å²) in [6.45, 7) is 2.31. The van der Waals surface area contributed by atoms with Crippen LogP contribution in [0.4, 0.5) is 0 Å². The van der Waals surface area contributed by atoms with Crippen LogP contribution in [0.2, 0.25) is 0 Å². The second-order valence-corrected chi connectivity index (χ2v) is 4.13. The Kier molecular flexibility index (Phi) is 4.13. The zero-order valence-electron chi connectivity index (χ0n) is 11.0. The van der Waals surface area contributed by atoms with Gasteiger partial charge in [0.1, 0.15) is 18.1 Å². The molecule has 0 radical (unpaired) electrons. The highest BCUT2D eigenvalue weighted by Gasteiger charge is 2.08. The van der Waals surface area contributed by atoms with E-state index in [-0.39, 0.29) is 5.91 Å². The van der Waals surface area contributed by atoms with Crippen LogP contribution in [0.5, 0.6) is 5.75 Å². The summed E-state index contributed by atoms with van der Waals surface area (Å²) in [5, 5.41) is 2.54. The van der Waals surface area contributed by atoms with Crippen LogP contribution in [0.1, 0.15) is 21.7 Å².